The molecule has 1 aliphatic heterocycles. The maximum Gasteiger partial charge on any atom is 0.251 e. The highest BCUT2D eigenvalue weighted by Crippen LogP contribution is 2.28. The summed E-state index contributed by atoms with van der Waals surface area (Å²) in [4.78, 5) is 12.0. The first kappa shape index (κ1) is 15.4. The Hall–Kier alpha value is -0.970. The molecule has 6 heteroatoms. The van der Waals surface area contributed by atoms with Gasteiger partial charge in [-0.25, -0.2) is 0 Å². The molecule has 110 valence electrons. The van der Waals surface area contributed by atoms with Gasteiger partial charge >= 0.3 is 0 Å². The van der Waals surface area contributed by atoms with E-state index in [1.54, 1.807) is 0 Å². The first-order valence-corrected chi connectivity index (χ1v) is 7.48. The van der Waals surface area contributed by atoms with Gasteiger partial charge in [0.2, 0.25) is 0 Å². The van der Waals surface area contributed by atoms with Crippen LogP contribution in [0.4, 0.5) is 5.69 Å². The number of amides is 1. The van der Waals surface area contributed by atoms with Crippen molar-refractivity contribution >= 4 is 34.8 Å². The van der Waals surface area contributed by atoms with Crippen molar-refractivity contribution in [3.8, 4) is 0 Å². The van der Waals surface area contributed by atoms with Crippen molar-refractivity contribution in [3.05, 3.63) is 27.7 Å². The molecule has 1 aromatic rings. The van der Waals surface area contributed by atoms with Gasteiger partial charge in [-0.2, -0.15) is 0 Å². The maximum absolute atomic E-state index is 12.0. The van der Waals surface area contributed by atoms with Crippen molar-refractivity contribution in [2.45, 2.75) is 31.8 Å². The van der Waals surface area contributed by atoms with E-state index in [1.165, 1.54) is 18.6 Å². The number of hydrogen-bond acceptors (Lipinski definition) is 3. The van der Waals surface area contributed by atoms with Crippen LogP contribution in [0.1, 0.15) is 36.0 Å². The normalized spacial score (nSPS) is 18.8. The summed E-state index contributed by atoms with van der Waals surface area (Å²) in [6.07, 6.45) is 4.47. The second kappa shape index (κ2) is 7.16. The molecule has 0 aromatic heterocycles. The van der Waals surface area contributed by atoms with Gasteiger partial charge in [0.15, 0.2) is 0 Å². The Balaban J connectivity index is 1.85. The summed E-state index contributed by atoms with van der Waals surface area (Å²) in [6, 6.07) is 3.05. The summed E-state index contributed by atoms with van der Waals surface area (Å²) in [7, 11) is 0. The summed E-state index contributed by atoms with van der Waals surface area (Å²) in [6.45, 7) is 1.39. The van der Waals surface area contributed by atoms with Crippen LogP contribution in [-0.4, -0.2) is 25.2 Å². The molecule has 0 radical (unpaired) electrons. The molecule has 0 aliphatic carbocycles. The molecule has 1 unspecified atom stereocenters. The van der Waals surface area contributed by atoms with E-state index in [2.05, 4.69) is 5.32 Å². The minimum Gasteiger partial charge on any atom is -0.396 e. The van der Waals surface area contributed by atoms with Gasteiger partial charge in [0, 0.05) is 18.7 Å². The van der Waals surface area contributed by atoms with Gasteiger partial charge in [0.1, 0.15) is 0 Å². The summed E-state index contributed by atoms with van der Waals surface area (Å²) in [5.74, 6) is -0.204. The summed E-state index contributed by atoms with van der Waals surface area (Å²) >= 11 is 11.8. The molecular weight excluding hydrogens is 299 g/mol. The molecule has 4 nitrogen and oxygen atoms in total. The van der Waals surface area contributed by atoms with Gasteiger partial charge in [-0.1, -0.05) is 23.2 Å². The van der Waals surface area contributed by atoms with E-state index in [-0.39, 0.29) is 12.0 Å². The van der Waals surface area contributed by atoms with E-state index >= 15 is 0 Å². The second-order valence-electron chi connectivity index (χ2n) is 4.89. The number of carbonyl (C=O) groups excluding carboxylic acids is 1. The van der Waals surface area contributed by atoms with Crippen LogP contribution in [0.2, 0.25) is 10.0 Å². The van der Waals surface area contributed by atoms with Gasteiger partial charge < -0.3 is 15.8 Å². The standard InChI is InChI=1S/C14H18Cl2N2O2/c15-11-7-9(8-12(16)13(11)17)14(19)18-5-4-10-3-1-2-6-20-10/h7-8,10H,1-6,17H2,(H,18,19). The third-order valence-corrected chi connectivity index (χ3v) is 3.99. The zero-order valence-corrected chi connectivity index (χ0v) is 12.6. The number of nitrogens with one attached hydrogen (secondary N) is 1. The minimum absolute atomic E-state index is 0.204. The Kier molecular flexibility index (Phi) is 5.52. The highest BCUT2D eigenvalue weighted by Gasteiger charge is 2.15. The fourth-order valence-electron chi connectivity index (χ4n) is 2.20. The lowest BCUT2D eigenvalue weighted by atomic mass is 10.1. The van der Waals surface area contributed by atoms with Crippen molar-refractivity contribution in [2.75, 3.05) is 18.9 Å². The van der Waals surface area contributed by atoms with Crippen LogP contribution in [0.15, 0.2) is 12.1 Å². The second-order valence-corrected chi connectivity index (χ2v) is 5.70. The van der Waals surface area contributed by atoms with E-state index in [0.717, 1.165) is 25.9 Å². The molecule has 0 bridgehead atoms. The molecule has 1 saturated heterocycles. The number of nitrogens with two attached hydrogens (primary N) is 1. The van der Waals surface area contributed by atoms with Crippen LogP contribution in [0.5, 0.6) is 0 Å². The molecule has 1 heterocycles. The SMILES string of the molecule is Nc1c(Cl)cc(C(=O)NCCC2CCCCO2)cc1Cl. The summed E-state index contributed by atoms with van der Waals surface area (Å²) in [5.41, 5.74) is 6.34. The van der Waals surface area contributed by atoms with E-state index in [4.69, 9.17) is 33.7 Å². The molecule has 0 spiro atoms. The Morgan fingerprint density at radius 3 is 2.65 bits per heavy atom. The quantitative estimate of drug-likeness (QED) is 0.838. The third kappa shape index (κ3) is 4.01. The molecule has 1 atom stereocenters. The number of anilines is 1. The van der Waals surface area contributed by atoms with Gasteiger partial charge in [-0.05, 0) is 37.8 Å². The van der Waals surface area contributed by atoms with Gasteiger partial charge in [-0.15, -0.1) is 0 Å². The van der Waals surface area contributed by atoms with Gasteiger partial charge in [0.25, 0.3) is 5.91 Å². The first-order chi connectivity index (χ1) is 9.58. The Labute approximate surface area is 128 Å². The first-order valence-electron chi connectivity index (χ1n) is 6.72. The van der Waals surface area contributed by atoms with Crippen molar-refractivity contribution in [3.63, 3.8) is 0 Å². The zero-order chi connectivity index (χ0) is 14.5. The van der Waals surface area contributed by atoms with Crippen LogP contribution >= 0.6 is 23.2 Å². The van der Waals surface area contributed by atoms with E-state index in [1.807, 2.05) is 0 Å². The number of nitrogen functional groups attached to an aromatic ring is 1. The molecule has 20 heavy (non-hydrogen) atoms. The highest BCUT2D eigenvalue weighted by molar-refractivity contribution is 6.39. The highest BCUT2D eigenvalue weighted by atomic mass is 35.5. The lowest BCUT2D eigenvalue weighted by Gasteiger charge is -2.22. The van der Waals surface area contributed by atoms with E-state index in [0.29, 0.717) is 27.8 Å². The van der Waals surface area contributed by atoms with Crippen molar-refractivity contribution in [1.29, 1.82) is 0 Å². The van der Waals surface area contributed by atoms with Gasteiger partial charge in [0.05, 0.1) is 21.8 Å². The Bertz CT molecular complexity index is 465. The van der Waals surface area contributed by atoms with Crippen molar-refractivity contribution in [1.82, 2.24) is 5.32 Å². The molecule has 0 saturated carbocycles. The molecule has 2 rings (SSSR count). The predicted octanol–water partition coefficient (Wildman–Crippen LogP) is 3.26. The van der Waals surface area contributed by atoms with Gasteiger partial charge in [-0.3, -0.25) is 4.79 Å². The van der Waals surface area contributed by atoms with Crippen LogP contribution in [0, 0.1) is 0 Å². The van der Waals surface area contributed by atoms with Crippen LogP contribution in [-0.2, 0) is 4.74 Å². The van der Waals surface area contributed by atoms with Crippen LogP contribution < -0.4 is 11.1 Å². The van der Waals surface area contributed by atoms with E-state index < -0.39 is 0 Å². The van der Waals surface area contributed by atoms with E-state index in [9.17, 15) is 4.79 Å². The summed E-state index contributed by atoms with van der Waals surface area (Å²) in [5, 5.41) is 3.42. The van der Waals surface area contributed by atoms with Crippen LogP contribution in [0.25, 0.3) is 0 Å². The molecule has 1 amide bonds. The monoisotopic (exact) mass is 316 g/mol. The fraction of sp³-hybridized carbons (Fsp3) is 0.500. The average molecular weight is 317 g/mol. The van der Waals surface area contributed by atoms with Crippen LogP contribution in [0.3, 0.4) is 0 Å². The number of ether oxygens (including phenoxy) is 1. The number of hydrogen-bond donors (Lipinski definition) is 2. The third-order valence-electron chi connectivity index (χ3n) is 3.37. The average Bonchev–Trinajstić information content (AvgIpc) is 2.45. The smallest absolute Gasteiger partial charge is 0.251 e. The maximum atomic E-state index is 12.0. The summed E-state index contributed by atoms with van der Waals surface area (Å²) < 4.78 is 5.61. The Morgan fingerprint density at radius 2 is 2.05 bits per heavy atom. The molecule has 3 N–H and O–H groups in total. The number of benzene rings is 1. The number of halogens is 2. The molecule has 1 aliphatic rings. The van der Waals surface area contributed by atoms with Crippen molar-refractivity contribution in [2.24, 2.45) is 0 Å². The van der Waals surface area contributed by atoms with Crippen molar-refractivity contribution < 1.29 is 9.53 Å². The lowest BCUT2D eigenvalue weighted by molar-refractivity contribution is 0.0117. The molecule has 1 fully saturated rings. The largest absolute Gasteiger partial charge is 0.396 e. The molecular formula is C14H18Cl2N2O2. The lowest BCUT2D eigenvalue weighted by Crippen LogP contribution is -2.29. The molecule has 1 aromatic carbocycles. The zero-order valence-electron chi connectivity index (χ0n) is 11.1. The topological polar surface area (TPSA) is 64.4 Å². The predicted molar refractivity (Wildman–Crippen MR) is 81.4 cm³/mol. The fourth-order valence-corrected chi connectivity index (χ4v) is 2.69. The minimum atomic E-state index is -0.204. The number of rotatable bonds is 4. The Morgan fingerprint density at radius 1 is 1.35 bits per heavy atom. The number of carbonyl (C=O) groups is 1.